The van der Waals surface area contributed by atoms with Gasteiger partial charge in [-0.15, -0.1) is 11.3 Å². The average Bonchev–Trinajstić information content (AvgIpc) is 3.39. The number of thiol groups is 1. The minimum Gasteiger partial charge on any atom is -0.383 e. The minimum atomic E-state index is -3.77. The van der Waals surface area contributed by atoms with Crippen molar-refractivity contribution in [3.8, 4) is 0 Å². The van der Waals surface area contributed by atoms with Crippen molar-refractivity contribution in [3.63, 3.8) is 0 Å². The van der Waals surface area contributed by atoms with Crippen molar-refractivity contribution in [1.29, 1.82) is 0 Å². The number of nitrogens with two attached hydrogens (primary N) is 1. The van der Waals surface area contributed by atoms with E-state index >= 15 is 0 Å². The molecule has 0 aromatic carbocycles. The number of nitrogens with zero attached hydrogens (tertiary/aromatic N) is 4. The number of hydrogen-bond acceptors (Lipinski definition) is 6. The quantitative estimate of drug-likeness (QED) is 0.405. The van der Waals surface area contributed by atoms with Crippen molar-refractivity contribution in [2.24, 2.45) is 14.8 Å². The molecule has 9 nitrogen and oxygen atoms in total. The highest BCUT2D eigenvalue weighted by molar-refractivity contribution is 8.01. The lowest BCUT2D eigenvalue weighted by molar-refractivity contribution is 0.0783. The van der Waals surface area contributed by atoms with Gasteiger partial charge in [0, 0.05) is 11.1 Å². The van der Waals surface area contributed by atoms with Crippen LogP contribution in [0.4, 0.5) is 10.5 Å². The van der Waals surface area contributed by atoms with Crippen molar-refractivity contribution in [3.05, 3.63) is 33.7 Å². The number of carbonyl (C=O) groups excluding carboxylic acids is 1. The Morgan fingerprint density at radius 2 is 2.06 bits per heavy atom. The lowest BCUT2D eigenvalue weighted by Gasteiger charge is -2.20. The fourth-order valence-corrected chi connectivity index (χ4v) is 6.19. The van der Waals surface area contributed by atoms with Gasteiger partial charge in [0.25, 0.3) is 0 Å². The van der Waals surface area contributed by atoms with Gasteiger partial charge in [-0.2, -0.15) is 0 Å². The molecular weight excluding hydrogens is 436 g/mol. The van der Waals surface area contributed by atoms with Crippen molar-refractivity contribution < 1.29 is 14.1 Å². The first-order valence-electron chi connectivity index (χ1n) is 10.3. The maximum absolute atomic E-state index is 12.8. The summed E-state index contributed by atoms with van der Waals surface area (Å²) in [5, 5.41) is 22.7. The van der Waals surface area contributed by atoms with Crippen LogP contribution >= 0.6 is 11.3 Å². The maximum atomic E-state index is 12.8. The SMILES string of the molecule is CC(C)(O)c1ncc([SH](N)(=O)/N=N/C(=O)Nc2c3c(nc4c2CCC4(C)C)CCC3)s1. The number of fused-ring (bicyclic) bond motifs is 2. The molecule has 0 bridgehead atoms. The summed E-state index contributed by atoms with van der Waals surface area (Å²) in [7, 11) is -3.77. The third-order valence-corrected chi connectivity index (χ3v) is 9.07. The van der Waals surface area contributed by atoms with Crippen molar-refractivity contribution in [2.45, 2.75) is 75.0 Å². The molecule has 2 aliphatic rings. The zero-order valence-electron chi connectivity index (χ0n) is 18.1. The van der Waals surface area contributed by atoms with E-state index in [-0.39, 0.29) is 9.62 Å². The van der Waals surface area contributed by atoms with Crippen molar-refractivity contribution in [2.75, 3.05) is 5.32 Å². The first-order valence-corrected chi connectivity index (χ1v) is 12.8. The molecule has 11 heteroatoms. The van der Waals surface area contributed by atoms with Gasteiger partial charge < -0.3 is 10.4 Å². The Morgan fingerprint density at radius 3 is 2.74 bits per heavy atom. The van der Waals surface area contributed by atoms with Crippen molar-refractivity contribution in [1.82, 2.24) is 9.97 Å². The predicted molar refractivity (Wildman–Crippen MR) is 121 cm³/mol. The van der Waals surface area contributed by atoms with E-state index in [1.807, 2.05) is 0 Å². The van der Waals surface area contributed by atoms with E-state index in [4.69, 9.17) is 10.1 Å². The van der Waals surface area contributed by atoms with Crippen LogP contribution in [0.2, 0.25) is 0 Å². The zero-order chi connectivity index (χ0) is 22.6. The third kappa shape index (κ3) is 4.19. The van der Waals surface area contributed by atoms with E-state index in [9.17, 15) is 14.1 Å². The van der Waals surface area contributed by atoms with E-state index in [0.717, 1.165) is 71.6 Å². The number of amides is 2. The van der Waals surface area contributed by atoms with Crippen LogP contribution in [-0.4, -0.2) is 25.3 Å². The fraction of sp³-hybridized carbons (Fsp3) is 0.550. The summed E-state index contributed by atoms with van der Waals surface area (Å²) in [6, 6.07) is -0.717. The summed E-state index contributed by atoms with van der Waals surface area (Å²) >= 11 is 0.992. The molecule has 0 atom stereocenters. The van der Waals surface area contributed by atoms with E-state index < -0.39 is 21.9 Å². The lowest BCUT2D eigenvalue weighted by atomic mass is 9.90. The average molecular weight is 465 g/mol. The fourth-order valence-electron chi connectivity index (χ4n) is 4.11. The molecule has 0 saturated carbocycles. The third-order valence-electron chi connectivity index (χ3n) is 5.80. The van der Waals surface area contributed by atoms with Gasteiger partial charge in [0.1, 0.15) is 14.8 Å². The van der Waals surface area contributed by atoms with Crippen LogP contribution < -0.4 is 10.5 Å². The number of pyridine rings is 1. The first kappa shape index (κ1) is 22.1. The second-order valence-corrected chi connectivity index (χ2v) is 12.5. The number of nitrogens with one attached hydrogen (secondary N) is 1. The van der Waals surface area contributed by atoms with Crippen LogP contribution in [-0.2, 0) is 40.6 Å². The molecule has 0 unspecified atom stereocenters. The number of rotatable bonds is 4. The van der Waals surface area contributed by atoms with Gasteiger partial charge in [-0.3, -0.25) is 10.1 Å². The van der Waals surface area contributed by atoms with Crippen LogP contribution in [0.1, 0.15) is 68.1 Å². The highest BCUT2D eigenvalue weighted by Gasteiger charge is 2.36. The van der Waals surface area contributed by atoms with Gasteiger partial charge in [0.05, 0.1) is 27.9 Å². The van der Waals surface area contributed by atoms with E-state index in [2.05, 4.69) is 33.8 Å². The Labute approximate surface area is 186 Å². The number of aliphatic hydroxyl groups is 1. The highest BCUT2D eigenvalue weighted by atomic mass is 32.3. The molecule has 4 rings (SSSR count). The number of aromatic nitrogens is 2. The molecule has 2 aromatic rings. The summed E-state index contributed by atoms with van der Waals surface area (Å²) in [6.07, 6.45) is 5.87. The maximum Gasteiger partial charge on any atom is 0.364 e. The molecule has 4 N–H and O–H groups in total. The molecule has 2 aromatic heterocycles. The van der Waals surface area contributed by atoms with E-state index in [1.165, 1.54) is 6.20 Å². The highest BCUT2D eigenvalue weighted by Crippen LogP contribution is 2.44. The van der Waals surface area contributed by atoms with Gasteiger partial charge in [-0.1, -0.05) is 23.5 Å². The lowest BCUT2D eigenvalue weighted by Crippen LogP contribution is -2.20. The molecule has 0 spiro atoms. The topological polar surface area (TPSA) is 143 Å². The second kappa shape index (κ2) is 7.51. The molecule has 2 heterocycles. The van der Waals surface area contributed by atoms with Crippen LogP contribution in [0.15, 0.2) is 20.0 Å². The number of hydrogen-bond donors (Lipinski definition) is 4. The van der Waals surface area contributed by atoms with Gasteiger partial charge in [-0.25, -0.2) is 14.0 Å². The number of aryl methyl sites for hydroxylation is 1. The number of anilines is 1. The molecule has 0 saturated heterocycles. The Bertz CT molecular complexity index is 1130. The van der Waals surface area contributed by atoms with Crippen molar-refractivity contribution >= 4 is 33.4 Å². The van der Waals surface area contributed by atoms with Crippen LogP contribution in [0, 0.1) is 0 Å². The summed E-state index contributed by atoms with van der Waals surface area (Å²) in [5.41, 5.74) is 3.75. The first-order chi connectivity index (χ1) is 14.4. The normalized spacial score (nSPS) is 18.3. The summed E-state index contributed by atoms with van der Waals surface area (Å²) in [5.74, 6) is 0. The Hall–Kier alpha value is -2.08. The zero-order valence-corrected chi connectivity index (χ0v) is 19.8. The Morgan fingerprint density at radius 1 is 1.32 bits per heavy atom. The molecule has 168 valence electrons. The Kier molecular flexibility index (Phi) is 5.36. The standard InChI is InChI=1S/C20H28N6O3S2/c1-19(2)9-8-12-15(11-6-5-7-13(11)23-16(12)19)24-18(27)25-26-31(21,29)14-10-22-17(30-14)20(3,4)28/h10,28,31H,5-9H2,1-4H3,(H2,21,29)(H,23,24,27)/b26-25+. The predicted octanol–water partition coefficient (Wildman–Crippen LogP) is 3.33. The smallest absolute Gasteiger partial charge is 0.364 e. The monoisotopic (exact) mass is 464 g/mol. The molecule has 2 amide bonds. The number of urea groups is 1. The minimum absolute atomic E-state index is 0.0364. The molecule has 0 fully saturated rings. The van der Waals surface area contributed by atoms with Crippen LogP contribution in [0.5, 0.6) is 0 Å². The van der Waals surface area contributed by atoms with Crippen LogP contribution in [0.25, 0.3) is 0 Å². The van der Waals surface area contributed by atoms with Gasteiger partial charge in [0.2, 0.25) is 0 Å². The summed E-state index contributed by atoms with van der Waals surface area (Å²) < 4.78 is 16.6. The number of carbonyl (C=O) groups is 1. The molecule has 2 aliphatic carbocycles. The molecule has 0 radical (unpaired) electrons. The molecule has 0 aliphatic heterocycles. The van der Waals surface area contributed by atoms with Gasteiger partial charge in [-0.05, 0) is 57.1 Å². The largest absolute Gasteiger partial charge is 0.383 e. The molecular formula is C20H28N6O3S2. The van der Waals surface area contributed by atoms with Gasteiger partial charge in [0.15, 0.2) is 0 Å². The van der Waals surface area contributed by atoms with Gasteiger partial charge >= 0.3 is 6.03 Å². The Balaban J connectivity index is 1.58. The number of thiazole rings is 1. The summed E-state index contributed by atoms with van der Waals surface area (Å²) in [6.45, 7) is 7.47. The molecule has 31 heavy (non-hydrogen) atoms. The summed E-state index contributed by atoms with van der Waals surface area (Å²) in [4.78, 5) is 21.5. The van der Waals surface area contributed by atoms with E-state index in [0.29, 0.717) is 5.01 Å². The van der Waals surface area contributed by atoms with Crippen LogP contribution in [0.3, 0.4) is 0 Å². The second-order valence-electron chi connectivity index (χ2n) is 9.28. The van der Waals surface area contributed by atoms with E-state index in [1.54, 1.807) is 13.8 Å².